The van der Waals surface area contributed by atoms with Crippen molar-refractivity contribution < 1.29 is 9.47 Å². The Morgan fingerprint density at radius 2 is 1.59 bits per heavy atom. The molecule has 0 aliphatic heterocycles. The number of fused-ring (bicyclic) bond motifs is 3. The average Bonchev–Trinajstić information content (AvgIpc) is 3.19. The summed E-state index contributed by atoms with van der Waals surface area (Å²) in [5.74, 6) is 2.39. The SMILES string of the molecule is Cc1cc(Nc2ccc(OCC(C)C)c(OCC(C)C)c2)c2c(ccc3nc[nH]c32)n1.Cl. The van der Waals surface area contributed by atoms with E-state index in [0.717, 1.165) is 50.5 Å². The molecule has 0 spiro atoms. The molecule has 0 radical (unpaired) electrons. The van der Waals surface area contributed by atoms with Crippen molar-refractivity contribution >= 4 is 45.7 Å². The van der Waals surface area contributed by atoms with Crippen LogP contribution >= 0.6 is 12.4 Å². The molecule has 2 aromatic heterocycles. The highest BCUT2D eigenvalue weighted by molar-refractivity contribution is 6.10. The van der Waals surface area contributed by atoms with Crippen LogP contribution in [0, 0.1) is 18.8 Å². The van der Waals surface area contributed by atoms with E-state index in [1.165, 1.54) is 0 Å². The molecule has 32 heavy (non-hydrogen) atoms. The summed E-state index contributed by atoms with van der Waals surface area (Å²) in [5, 5.41) is 4.59. The molecule has 0 saturated heterocycles. The topological polar surface area (TPSA) is 72.1 Å². The first-order valence-corrected chi connectivity index (χ1v) is 10.8. The van der Waals surface area contributed by atoms with Crippen LogP contribution in [0.25, 0.3) is 21.9 Å². The Bertz CT molecular complexity index is 1200. The quantitative estimate of drug-likeness (QED) is 0.311. The third-order valence-electron chi connectivity index (χ3n) is 4.86. The Morgan fingerprint density at radius 3 is 2.31 bits per heavy atom. The normalized spacial score (nSPS) is 11.2. The zero-order valence-corrected chi connectivity index (χ0v) is 20.0. The lowest BCUT2D eigenvalue weighted by molar-refractivity contribution is 0.229. The van der Waals surface area contributed by atoms with Gasteiger partial charge in [-0.2, -0.15) is 0 Å². The highest BCUT2D eigenvalue weighted by Crippen LogP contribution is 2.35. The van der Waals surface area contributed by atoms with Crippen molar-refractivity contribution in [2.75, 3.05) is 18.5 Å². The van der Waals surface area contributed by atoms with Gasteiger partial charge in [0.15, 0.2) is 11.5 Å². The van der Waals surface area contributed by atoms with Gasteiger partial charge in [-0.1, -0.05) is 27.7 Å². The minimum absolute atomic E-state index is 0. The van der Waals surface area contributed by atoms with E-state index < -0.39 is 0 Å². The molecule has 170 valence electrons. The molecular formula is C25H31ClN4O2. The lowest BCUT2D eigenvalue weighted by Crippen LogP contribution is -2.09. The van der Waals surface area contributed by atoms with E-state index in [9.17, 15) is 0 Å². The van der Waals surface area contributed by atoms with Gasteiger partial charge in [-0.3, -0.25) is 4.98 Å². The summed E-state index contributed by atoms with van der Waals surface area (Å²) in [4.78, 5) is 12.3. The Balaban J connectivity index is 0.00000289. The maximum Gasteiger partial charge on any atom is 0.163 e. The van der Waals surface area contributed by atoms with Crippen LogP contribution in [0.1, 0.15) is 33.4 Å². The average molecular weight is 455 g/mol. The van der Waals surface area contributed by atoms with E-state index >= 15 is 0 Å². The van der Waals surface area contributed by atoms with Gasteiger partial charge >= 0.3 is 0 Å². The molecule has 0 saturated carbocycles. The number of halogens is 1. The van der Waals surface area contributed by atoms with Crippen LogP contribution in [0.2, 0.25) is 0 Å². The number of hydrogen-bond acceptors (Lipinski definition) is 5. The number of aromatic nitrogens is 3. The van der Waals surface area contributed by atoms with Gasteiger partial charge in [-0.25, -0.2) is 4.98 Å². The van der Waals surface area contributed by atoms with Crippen LogP contribution in [0.4, 0.5) is 11.4 Å². The number of nitrogens with zero attached hydrogens (tertiary/aromatic N) is 2. The molecule has 7 heteroatoms. The molecule has 4 rings (SSSR count). The van der Waals surface area contributed by atoms with Gasteiger partial charge in [-0.05, 0) is 49.1 Å². The number of aryl methyl sites for hydroxylation is 1. The molecule has 6 nitrogen and oxygen atoms in total. The number of nitrogens with one attached hydrogen (secondary N) is 2. The summed E-state index contributed by atoms with van der Waals surface area (Å²) in [6.45, 7) is 11.8. The fourth-order valence-electron chi connectivity index (χ4n) is 3.45. The largest absolute Gasteiger partial charge is 0.489 e. The number of H-pyrrole nitrogens is 1. The number of hydrogen-bond donors (Lipinski definition) is 2. The van der Waals surface area contributed by atoms with Gasteiger partial charge in [-0.15, -0.1) is 12.4 Å². The monoisotopic (exact) mass is 454 g/mol. The van der Waals surface area contributed by atoms with Crippen molar-refractivity contribution in [3.05, 3.63) is 48.4 Å². The standard InChI is InChI=1S/C25H30N4O2.ClH/c1-15(2)12-30-22-9-6-18(11-23(22)31-13-16(3)4)29-21-10-17(5)28-19-7-8-20-25(24(19)21)27-14-26-20;/h6-11,14-16H,12-13H2,1-5H3,(H,26,27)(H,28,29);1H. The molecular weight excluding hydrogens is 424 g/mol. The number of ether oxygens (including phenoxy) is 2. The summed E-state index contributed by atoms with van der Waals surface area (Å²) in [5.41, 5.74) is 5.66. The maximum atomic E-state index is 6.08. The van der Waals surface area contributed by atoms with E-state index in [1.807, 2.05) is 37.3 Å². The number of rotatable bonds is 8. The summed E-state index contributed by atoms with van der Waals surface area (Å²) < 4.78 is 12.1. The molecule has 0 amide bonds. The third-order valence-corrected chi connectivity index (χ3v) is 4.86. The van der Waals surface area contributed by atoms with E-state index in [-0.39, 0.29) is 12.4 Å². The van der Waals surface area contributed by atoms with Gasteiger partial charge in [0.25, 0.3) is 0 Å². The number of pyridine rings is 1. The number of aromatic amines is 1. The summed E-state index contributed by atoms with van der Waals surface area (Å²) in [6.07, 6.45) is 1.71. The van der Waals surface area contributed by atoms with Crippen molar-refractivity contribution in [2.45, 2.75) is 34.6 Å². The van der Waals surface area contributed by atoms with Crippen molar-refractivity contribution in [2.24, 2.45) is 11.8 Å². The highest BCUT2D eigenvalue weighted by atomic mass is 35.5. The number of benzene rings is 2. The van der Waals surface area contributed by atoms with E-state index in [1.54, 1.807) is 6.33 Å². The Labute approximate surface area is 195 Å². The molecule has 0 atom stereocenters. The molecule has 0 fully saturated rings. The zero-order valence-electron chi connectivity index (χ0n) is 19.2. The van der Waals surface area contributed by atoms with Crippen LogP contribution < -0.4 is 14.8 Å². The number of anilines is 2. The van der Waals surface area contributed by atoms with Crippen LogP contribution in [0.3, 0.4) is 0 Å². The Morgan fingerprint density at radius 1 is 0.906 bits per heavy atom. The van der Waals surface area contributed by atoms with Crippen molar-refractivity contribution in [3.8, 4) is 11.5 Å². The fraction of sp³-hybridized carbons (Fsp3) is 0.360. The minimum atomic E-state index is 0. The van der Waals surface area contributed by atoms with E-state index in [0.29, 0.717) is 25.0 Å². The molecule has 4 aromatic rings. The first-order chi connectivity index (χ1) is 14.9. The first kappa shape index (κ1) is 23.7. The molecule has 2 heterocycles. The lowest BCUT2D eigenvalue weighted by Gasteiger charge is -2.17. The molecule has 0 aliphatic carbocycles. The summed E-state index contributed by atoms with van der Waals surface area (Å²) in [7, 11) is 0. The van der Waals surface area contributed by atoms with Gasteiger partial charge in [0.05, 0.1) is 41.8 Å². The molecule has 2 aromatic carbocycles. The summed E-state index contributed by atoms with van der Waals surface area (Å²) in [6, 6.07) is 12.1. The number of imidazole rings is 1. The second kappa shape index (κ2) is 10.1. The molecule has 2 N–H and O–H groups in total. The van der Waals surface area contributed by atoms with Crippen LogP contribution in [-0.2, 0) is 0 Å². The fourth-order valence-corrected chi connectivity index (χ4v) is 3.45. The zero-order chi connectivity index (χ0) is 22.0. The van der Waals surface area contributed by atoms with Gasteiger partial charge in [0.2, 0.25) is 0 Å². The van der Waals surface area contributed by atoms with Crippen molar-refractivity contribution in [3.63, 3.8) is 0 Å². The smallest absolute Gasteiger partial charge is 0.163 e. The minimum Gasteiger partial charge on any atom is -0.489 e. The van der Waals surface area contributed by atoms with Crippen LogP contribution in [-0.4, -0.2) is 28.2 Å². The predicted molar refractivity (Wildman–Crippen MR) is 134 cm³/mol. The van der Waals surface area contributed by atoms with Crippen LogP contribution in [0.5, 0.6) is 11.5 Å². The maximum absolute atomic E-state index is 6.08. The Hall–Kier alpha value is -2.99. The Kier molecular flexibility index (Phi) is 7.46. The van der Waals surface area contributed by atoms with Crippen molar-refractivity contribution in [1.82, 2.24) is 15.0 Å². The molecule has 0 bridgehead atoms. The van der Waals surface area contributed by atoms with E-state index in [4.69, 9.17) is 14.5 Å². The predicted octanol–water partition coefficient (Wildman–Crippen LogP) is 6.65. The van der Waals surface area contributed by atoms with Gasteiger partial charge < -0.3 is 19.8 Å². The molecule has 0 aliphatic rings. The van der Waals surface area contributed by atoms with Gasteiger partial charge in [0, 0.05) is 22.8 Å². The van der Waals surface area contributed by atoms with Gasteiger partial charge in [0.1, 0.15) is 0 Å². The second-order valence-electron chi connectivity index (χ2n) is 8.76. The molecule has 0 unspecified atom stereocenters. The summed E-state index contributed by atoms with van der Waals surface area (Å²) >= 11 is 0. The van der Waals surface area contributed by atoms with Crippen molar-refractivity contribution in [1.29, 1.82) is 0 Å². The van der Waals surface area contributed by atoms with E-state index in [2.05, 4.69) is 49.0 Å². The first-order valence-electron chi connectivity index (χ1n) is 10.8. The lowest BCUT2D eigenvalue weighted by atomic mass is 10.1. The van der Waals surface area contributed by atoms with Crippen LogP contribution in [0.15, 0.2) is 42.7 Å². The third kappa shape index (κ3) is 5.25. The second-order valence-corrected chi connectivity index (χ2v) is 8.76. The highest BCUT2D eigenvalue weighted by Gasteiger charge is 2.13.